The number of ether oxygens (including phenoxy) is 1. The number of esters is 1. The van der Waals surface area contributed by atoms with Gasteiger partial charge in [-0.1, -0.05) is 0 Å². The van der Waals surface area contributed by atoms with Crippen molar-refractivity contribution < 1.29 is 19.1 Å². The van der Waals surface area contributed by atoms with Crippen molar-refractivity contribution in [3.05, 3.63) is 12.2 Å². The Morgan fingerprint density at radius 1 is 1.43 bits per heavy atom. The van der Waals surface area contributed by atoms with Gasteiger partial charge in [0.25, 0.3) is 11.8 Å². The minimum atomic E-state index is -0.461. The normalized spacial score (nSPS) is 17.4. The first-order chi connectivity index (χ1) is 6.56. The number of rotatable bonds is 3. The molecule has 0 aliphatic carbocycles. The van der Waals surface area contributed by atoms with Crippen LogP contribution in [0.15, 0.2) is 12.2 Å². The molecule has 0 aromatic rings. The highest BCUT2D eigenvalue weighted by Crippen LogP contribution is 2.11. The average molecular weight is 197 g/mol. The molecule has 0 bridgehead atoms. The summed E-state index contributed by atoms with van der Waals surface area (Å²) in [7, 11) is 1.26. The van der Waals surface area contributed by atoms with Gasteiger partial charge in [-0.2, -0.15) is 0 Å². The zero-order valence-corrected chi connectivity index (χ0v) is 8.02. The number of carbonyl (C=O) groups is 3. The van der Waals surface area contributed by atoms with Crippen LogP contribution in [0.25, 0.3) is 0 Å². The molecule has 0 aromatic carbocycles. The summed E-state index contributed by atoms with van der Waals surface area (Å²) in [4.78, 5) is 34.3. The highest BCUT2D eigenvalue weighted by Gasteiger charge is 2.29. The van der Waals surface area contributed by atoms with E-state index in [1.807, 2.05) is 0 Å². The zero-order chi connectivity index (χ0) is 10.7. The molecule has 0 saturated heterocycles. The summed E-state index contributed by atoms with van der Waals surface area (Å²) >= 11 is 0. The van der Waals surface area contributed by atoms with Crippen LogP contribution in [-0.2, 0) is 19.1 Å². The lowest BCUT2D eigenvalue weighted by molar-refractivity contribution is -0.144. The molecular formula is C9H11NO4. The van der Waals surface area contributed by atoms with Gasteiger partial charge in [0, 0.05) is 18.2 Å². The maximum Gasteiger partial charge on any atom is 0.307 e. The molecule has 0 saturated carbocycles. The van der Waals surface area contributed by atoms with Crippen molar-refractivity contribution >= 4 is 17.8 Å². The highest BCUT2D eigenvalue weighted by atomic mass is 16.5. The topological polar surface area (TPSA) is 63.7 Å². The molecule has 1 aliphatic rings. The van der Waals surface area contributed by atoms with E-state index < -0.39 is 12.0 Å². The molecule has 1 atom stereocenters. The SMILES string of the molecule is COC(=O)CC(C)N1C(=O)C=CC1=O. The Labute approximate surface area is 81.3 Å². The Morgan fingerprint density at radius 2 is 1.93 bits per heavy atom. The van der Waals surface area contributed by atoms with Crippen LogP contribution < -0.4 is 0 Å². The molecule has 0 N–H and O–H groups in total. The Kier molecular flexibility index (Phi) is 3.01. The van der Waals surface area contributed by atoms with E-state index in [1.54, 1.807) is 6.92 Å². The van der Waals surface area contributed by atoms with Gasteiger partial charge in [-0.3, -0.25) is 19.3 Å². The second-order valence-corrected chi connectivity index (χ2v) is 3.01. The lowest BCUT2D eigenvalue weighted by Crippen LogP contribution is -2.39. The summed E-state index contributed by atoms with van der Waals surface area (Å²) in [6.07, 6.45) is 2.40. The Hall–Kier alpha value is -1.65. The lowest BCUT2D eigenvalue weighted by atomic mass is 10.2. The number of hydrogen-bond donors (Lipinski definition) is 0. The van der Waals surface area contributed by atoms with E-state index in [9.17, 15) is 14.4 Å². The van der Waals surface area contributed by atoms with Gasteiger partial charge in [0.15, 0.2) is 0 Å². The largest absolute Gasteiger partial charge is 0.469 e. The molecule has 1 rings (SSSR count). The van der Waals surface area contributed by atoms with Crippen molar-refractivity contribution in [3.8, 4) is 0 Å². The standard InChI is InChI=1S/C9H11NO4/c1-6(5-9(13)14-2)10-7(11)3-4-8(10)12/h3-4,6H,5H2,1-2H3. The van der Waals surface area contributed by atoms with E-state index in [-0.39, 0.29) is 18.2 Å². The maximum atomic E-state index is 11.2. The van der Waals surface area contributed by atoms with Crippen molar-refractivity contribution in [1.82, 2.24) is 4.90 Å². The molecular weight excluding hydrogens is 186 g/mol. The Morgan fingerprint density at radius 3 is 2.36 bits per heavy atom. The summed E-state index contributed by atoms with van der Waals surface area (Å²) < 4.78 is 4.44. The molecule has 76 valence electrons. The second kappa shape index (κ2) is 4.04. The highest BCUT2D eigenvalue weighted by molar-refractivity contribution is 6.13. The predicted octanol–water partition coefficient (Wildman–Crippen LogP) is -0.137. The van der Waals surface area contributed by atoms with Crippen LogP contribution in [0.3, 0.4) is 0 Å². The molecule has 14 heavy (non-hydrogen) atoms. The molecule has 0 radical (unpaired) electrons. The van der Waals surface area contributed by atoms with Crippen LogP contribution in [0.1, 0.15) is 13.3 Å². The van der Waals surface area contributed by atoms with E-state index in [0.29, 0.717) is 0 Å². The number of imide groups is 1. The molecule has 5 heteroatoms. The zero-order valence-electron chi connectivity index (χ0n) is 8.02. The Bertz CT molecular complexity index is 290. The minimum absolute atomic E-state index is 0.0235. The molecule has 2 amide bonds. The minimum Gasteiger partial charge on any atom is -0.469 e. The third kappa shape index (κ3) is 1.99. The molecule has 1 aliphatic heterocycles. The van der Waals surface area contributed by atoms with Crippen LogP contribution >= 0.6 is 0 Å². The monoisotopic (exact) mass is 197 g/mol. The quantitative estimate of drug-likeness (QED) is 0.466. The van der Waals surface area contributed by atoms with Gasteiger partial charge in [0.1, 0.15) is 0 Å². The van der Waals surface area contributed by atoms with Gasteiger partial charge in [-0.15, -0.1) is 0 Å². The fourth-order valence-electron chi connectivity index (χ4n) is 1.26. The van der Waals surface area contributed by atoms with Gasteiger partial charge >= 0.3 is 5.97 Å². The lowest BCUT2D eigenvalue weighted by Gasteiger charge is -2.20. The van der Waals surface area contributed by atoms with Gasteiger partial charge in [0.05, 0.1) is 13.5 Å². The number of nitrogens with zero attached hydrogens (tertiary/aromatic N) is 1. The average Bonchev–Trinajstić information content (AvgIpc) is 2.46. The molecule has 1 unspecified atom stereocenters. The number of carbonyl (C=O) groups excluding carboxylic acids is 3. The van der Waals surface area contributed by atoms with Crippen LogP contribution in [0.5, 0.6) is 0 Å². The van der Waals surface area contributed by atoms with E-state index >= 15 is 0 Å². The van der Waals surface area contributed by atoms with Crippen LogP contribution in [0, 0.1) is 0 Å². The van der Waals surface area contributed by atoms with Gasteiger partial charge in [-0.25, -0.2) is 0 Å². The molecule has 1 heterocycles. The number of hydrogen-bond acceptors (Lipinski definition) is 4. The molecule has 0 spiro atoms. The summed E-state index contributed by atoms with van der Waals surface area (Å²) in [5, 5.41) is 0. The fraction of sp³-hybridized carbons (Fsp3) is 0.444. The van der Waals surface area contributed by atoms with Crippen molar-refractivity contribution in [2.45, 2.75) is 19.4 Å². The van der Waals surface area contributed by atoms with Crippen molar-refractivity contribution in [1.29, 1.82) is 0 Å². The summed E-state index contributed by atoms with van der Waals surface area (Å²) in [6.45, 7) is 1.62. The Balaban J connectivity index is 2.61. The first kappa shape index (κ1) is 10.4. The van der Waals surface area contributed by atoms with Crippen molar-refractivity contribution in [2.24, 2.45) is 0 Å². The molecule has 5 nitrogen and oxygen atoms in total. The fourth-order valence-corrected chi connectivity index (χ4v) is 1.26. The second-order valence-electron chi connectivity index (χ2n) is 3.01. The van der Waals surface area contributed by atoms with Crippen LogP contribution in [-0.4, -0.2) is 35.8 Å². The maximum absolute atomic E-state index is 11.2. The van der Waals surface area contributed by atoms with Gasteiger partial charge < -0.3 is 4.74 Å². The van der Waals surface area contributed by atoms with E-state index in [4.69, 9.17) is 0 Å². The number of methoxy groups -OCH3 is 1. The molecule has 0 fully saturated rings. The number of amides is 2. The van der Waals surface area contributed by atoms with E-state index in [0.717, 1.165) is 4.90 Å². The predicted molar refractivity (Wildman–Crippen MR) is 47.1 cm³/mol. The molecule has 0 aromatic heterocycles. The summed E-state index contributed by atoms with van der Waals surface area (Å²) in [5.74, 6) is -1.21. The first-order valence-corrected chi connectivity index (χ1v) is 4.18. The first-order valence-electron chi connectivity index (χ1n) is 4.18. The third-order valence-corrected chi connectivity index (χ3v) is 1.97. The van der Waals surface area contributed by atoms with Crippen LogP contribution in [0.2, 0.25) is 0 Å². The van der Waals surface area contributed by atoms with Crippen molar-refractivity contribution in [2.75, 3.05) is 7.11 Å². The van der Waals surface area contributed by atoms with E-state index in [2.05, 4.69) is 4.74 Å². The third-order valence-electron chi connectivity index (χ3n) is 1.97. The summed E-state index contributed by atoms with van der Waals surface area (Å²) in [5.41, 5.74) is 0. The smallest absolute Gasteiger partial charge is 0.307 e. The van der Waals surface area contributed by atoms with E-state index in [1.165, 1.54) is 19.3 Å². The summed E-state index contributed by atoms with van der Waals surface area (Å²) in [6, 6.07) is -0.461. The van der Waals surface area contributed by atoms with Crippen LogP contribution in [0.4, 0.5) is 0 Å². The van der Waals surface area contributed by atoms with Gasteiger partial charge in [0.2, 0.25) is 0 Å². The van der Waals surface area contributed by atoms with Gasteiger partial charge in [-0.05, 0) is 6.92 Å². The van der Waals surface area contributed by atoms with Crippen molar-refractivity contribution in [3.63, 3.8) is 0 Å².